The first-order valence-corrected chi connectivity index (χ1v) is 7.65. The first-order valence-electron chi connectivity index (χ1n) is 6.14. The van der Waals surface area contributed by atoms with Crippen LogP contribution in [0, 0.1) is 11.8 Å². The molecule has 0 amide bonds. The van der Waals surface area contributed by atoms with Crippen molar-refractivity contribution in [3.63, 3.8) is 0 Å². The van der Waals surface area contributed by atoms with Crippen LogP contribution < -0.4 is 0 Å². The molecule has 1 heterocycles. The highest BCUT2D eigenvalue weighted by Gasteiger charge is 2.43. The van der Waals surface area contributed by atoms with Crippen LogP contribution in [0.2, 0.25) is 0 Å². The molecule has 1 aliphatic heterocycles. The fraction of sp³-hybridized carbons (Fsp3) is 0.909. The van der Waals surface area contributed by atoms with Crippen LogP contribution in [-0.2, 0) is 14.8 Å². The van der Waals surface area contributed by atoms with Crippen molar-refractivity contribution in [3.05, 3.63) is 0 Å². The molecule has 1 N–H and O–H groups in total. The summed E-state index contributed by atoms with van der Waals surface area (Å²) in [6.45, 7) is 2.31. The van der Waals surface area contributed by atoms with Crippen LogP contribution in [0.1, 0.15) is 32.6 Å². The van der Waals surface area contributed by atoms with Crippen LogP contribution in [0.25, 0.3) is 0 Å². The van der Waals surface area contributed by atoms with E-state index in [4.69, 9.17) is 5.11 Å². The summed E-state index contributed by atoms with van der Waals surface area (Å²) in [5.41, 5.74) is 0. The molecule has 6 heteroatoms. The summed E-state index contributed by atoms with van der Waals surface area (Å²) in [7, 11) is -3.27. The van der Waals surface area contributed by atoms with Gasteiger partial charge in [0.2, 0.25) is 10.0 Å². The molecule has 2 atom stereocenters. The van der Waals surface area contributed by atoms with Crippen LogP contribution >= 0.6 is 0 Å². The molecule has 1 saturated carbocycles. The molecule has 0 unspecified atom stereocenters. The number of carboxylic acid groups (broad SMARTS) is 1. The Morgan fingerprint density at radius 3 is 2.29 bits per heavy atom. The van der Waals surface area contributed by atoms with E-state index in [1.165, 1.54) is 4.31 Å². The van der Waals surface area contributed by atoms with Crippen molar-refractivity contribution in [3.8, 4) is 0 Å². The Hall–Kier alpha value is -0.620. The quantitative estimate of drug-likeness (QED) is 0.819. The minimum Gasteiger partial charge on any atom is -0.481 e. The van der Waals surface area contributed by atoms with E-state index in [0.29, 0.717) is 6.54 Å². The molecule has 1 saturated heterocycles. The number of hydrogen-bond acceptors (Lipinski definition) is 3. The van der Waals surface area contributed by atoms with Crippen molar-refractivity contribution >= 4 is 16.0 Å². The SMILES string of the molecule is C[C@@H]1CN(S(=O)(=O)C2CCCC2)C[C@H]1C(=O)O. The van der Waals surface area contributed by atoms with Gasteiger partial charge in [0.05, 0.1) is 11.2 Å². The van der Waals surface area contributed by atoms with Gasteiger partial charge in [-0.2, -0.15) is 0 Å². The van der Waals surface area contributed by atoms with E-state index in [9.17, 15) is 13.2 Å². The molecule has 1 aliphatic carbocycles. The summed E-state index contributed by atoms with van der Waals surface area (Å²) in [6.07, 6.45) is 3.39. The second-order valence-corrected chi connectivity index (χ2v) is 7.40. The van der Waals surface area contributed by atoms with Crippen LogP contribution in [0.4, 0.5) is 0 Å². The Bertz CT molecular complexity index is 400. The maximum Gasteiger partial charge on any atom is 0.308 e. The lowest BCUT2D eigenvalue weighted by atomic mass is 9.99. The topological polar surface area (TPSA) is 74.7 Å². The number of carbonyl (C=O) groups is 1. The Morgan fingerprint density at radius 2 is 1.82 bits per heavy atom. The van der Waals surface area contributed by atoms with Gasteiger partial charge >= 0.3 is 5.97 Å². The first-order chi connectivity index (χ1) is 7.93. The molecule has 0 radical (unpaired) electrons. The van der Waals surface area contributed by atoms with Crippen molar-refractivity contribution in [2.75, 3.05) is 13.1 Å². The molecule has 0 aromatic carbocycles. The van der Waals surface area contributed by atoms with Gasteiger partial charge in [0.25, 0.3) is 0 Å². The van der Waals surface area contributed by atoms with E-state index in [1.807, 2.05) is 6.92 Å². The highest BCUT2D eigenvalue weighted by Crippen LogP contribution is 2.32. The molecule has 2 fully saturated rings. The van der Waals surface area contributed by atoms with Crippen molar-refractivity contribution < 1.29 is 18.3 Å². The third-order valence-corrected chi connectivity index (χ3v) is 6.31. The molecule has 0 aromatic heterocycles. The second kappa shape index (κ2) is 4.57. The van der Waals surface area contributed by atoms with Gasteiger partial charge in [-0.3, -0.25) is 4.79 Å². The van der Waals surface area contributed by atoms with E-state index in [2.05, 4.69) is 0 Å². The van der Waals surface area contributed by atoms with E-state index in [1.54, 1.807) is 0 Å². The summed E-state index contributed by atoms with van der Waals surface area (Å²) in [5.74, 6) is -1.53. The summed E-state index contributed by atoms with van der Waals surface area (Å²) in [5, 5.41) is 8.74. The van der Waals surface area contributed by atoms with Gasteiger partial charge in [0.15, 0.2) is 0 Å². The van der Waals surface area contributed by atoms with E-state index < -0.39 is 21.9 Å². The molecule has 0 bridgehead atoms. The van der Waals surface area contributed by atoms with Gasteiger partial charge in [-0.25, -0.2) is 12.7 Å². The van der Waals surface area contributed by atoms with Gasteiger partial charge in [0, 0.05) is 13.1 Å². The van der Waals surface area contributed by atoms with Gasteiger partial charge in [0.1, 0.15) is 0 Å². The van der Waals surface area contributed by atoms with Crippen LogP contribution in [0.5, 0.6) is 0 Å². The molecule has 2 aliphatic rings. The maximum absolute atomic E-state index is 12.3. The Morgan fingerprint density at radius 1 is 1.24 bits per heavy atom. The third kappa shape index (κ3) is 2.33. The molecule has 0 spiro atoms. The smallest absolute Gasteiger partial charge is 0.308 e. The van der Waals surface area contributed by atoms with Crippen LogP contribution in [-0.4, -0.2) is 42.1 Å². The Kier molecular flexibility index (Phi) is 3.45. The van der Waals surface area contributed by atoms with Crippen LogP contribution in [0.15, 0.2) is 0 Å². The lowest BCUT2D eigenvalue weighted by molar-refractivity contribution is -0.142. The lowest BCUT2D eigenvalue weighted by Gasteiger charge is -2.20. The number of carboxylic acids is 1. The fourth-order valence-corrected chi connectivity index (χ4v) is 5.01. The summed E-state index contributed by atoms with van der Waals surface area (Å²) < 4.78 is 26.0. The zero-order valence-electron chi connectivity index (χ0n) is 10.0. The van der Waals surface area contributed by atoms with Crippen molar-refractivity contribution in [1.29, 1.82) is 0 Å². The first kappa shape index (κ1) is 12.8. The highest BCUT2D eigenvalue weighted by molar-refractivity contribution is 7.89. The standard InChI is InChI=1S/C11H19NO4S/c1-8-6-12(7-10(8)11(13)14)17(15,16)9-4-2-3-5-9/h8-10H,2-7H2,1H3,(H,13,14)/t8-,10-/m1/s1. The number of sulfonamides is 1. The van der Waals surface area contributed by atoms with Gasteiger partial charge in [-0.1, -0.05) is 19.8 Å². The van der Waals surface area contributed by atoms with Gasteiger partial charge < -0.3 is 5.11 Å². The average molecular weight is 261 g/mol. The predicted molar refractivity (Wildman–Crippen MR) is 63.0 cm³/mol. The molecule has 0 aromatic rings. The molecule has 17 heavy (non-hydrogen) atoms. The largest absolute Gasteiger partial charge is 0.481 e. The summed E-state index contributed by atoms with van der Waals surface area (Å²) >= 11 is 0. The van der Waals surface area contributed by atoms with Crippen molar-refractivity contribution in [2.45, 2.75) is 37.9 Å². The van der Waals surface area contributed by atoms with E-state index >= 15 is 0 Å². The number of hydrogen-bond donors (Lipinski definition) is 1. The highest BCUT2D eigenvalue weighted by atomic mass is 32.2. The second-order valence-electron chi connectivity index (χ2n) is 5.19. The lowest BCUT2D eigenvalue weighted by Crippen LogP contribution is -2.36. The summed E-state index contributed by atoms with van der Waals surface area (Å²) in [4.78, 5) is 11.0. The van der Waals surface area contributed by atoms with Gasteiger partial charge in [-0.05, 0) is 18.8 Å². The molecular formula is C11H19NO4S. The number of aliphatic carboxylic acids is 1. The fourth-order valence-electron chi connectivity index (χ4n) is 2.85. The zero-order chi connectivity index (χ0) is 12.6. The Labute approximate surface area is 102 Å². The number of rotatable bonds is 3. The van der Waals surface area contributed by atoms with Crippen molar-refractivity contribution in [1.82, 2.24) is 4.31 Å². The minimum atomic E-state index is -3.27. The van der Waals surface area contributed by atoms with Crippen LogP contribution in [0.3, 0.4) is 0 Å². The average Bonchev–Trinajstić information content (AvgIpc) is 2.84. The monoisotopic (exact) mass is 261 g/mol. The number of nitrogens with zero attached hydrogens (tertiary/aromatic N) is 1. The maximum atomic E-state index is 12.3. The normalized spacial score (nSPS) is 32.1. The zero-order valence-corrected chi connectivity index (χ0v) is 10.8. The Balaban J connectivity index is 2.11. The predicted octanol–water partition coefficient (Wildman–Crippen LogP) is 0.911. The molecule has 2 rings (SSSR count). The molecule has 5 nitrogen and oxygen atoms in total. The van der Waals surface area contributed by atoms with Gasteiger partial charge in [-0.15, -0.1) is 0 Å². The minimum absolute atomic E-state index is 0.0938. The van der Waals surface area contributed by atoms with E-state index in [-0.39, 0.29) is 17.7 Å². The van der Waals surface area contributed by atoms with Crippen molar-refractivity contribution in [2.24, 2.45) is 11.8 Å². The third-order valence-electron chi connectivity index (χ3n) is 3.98. The summed E-state index contributed by atoms with van der Waals surface area (Å²) in [6, 6.07) is 0. The molecule has 98 valence electrons. The van der Waals surface area contributed by atoms with E-state index in [0.717, 1.165) is 25.7 Å². The molecular weight excluding hydrogens is 242 g/mol.